The van der Waals surface area contributed by atoms with Gasteiger partial charge in [0.2, 0.25) is 11.8 Å². The molecule has 1 fully saturated rings. The van der Waals surface area contributed by atoms with E-state index in [2.05, 4.69) is 21.5 Å². The van der Waals surface area contributed by atoms with Gasteiger partial charge in [-0.1, -0.05) is 12.0 Å². The molecule has 0 atom stereocenters. The molecule has 162 valence electrons. The van der Waals surface area contributed by atoms with Gasteiger partial charge < -0.3 is 20.4 Å². The third kappa shape index (κ3) is 7.08. The van der Waals surface area contributed by atoms with Crippen LogP contribution in [0, 0.1) is 12.3 Å². The van der Waals surface area contributed by atoms with Crippen molar-refractivity contribution in [3.05, 3.63) is 29.8 Å². The molecule has 2 N–H and O–H groups in total. The third-order valence-corrected chi connectivity index (χ3v) is 5.06. The monoisotopic (exact) mass is 413 g/mol. The van der Waals surface area contributed by atoms with Gasteiger partial charge in [0.15, 0.2) is 0 Å². The number of nitrogens with one attached hydrogen (secondary N) is 2. The van der Waals surface area contributed by atoms with Crippen molar-refractivity contribution in [1.29, 1.82) is 0 Å². The number of nitrogens with zero attached hydrogens (tertiary/aromatic N) is 3. The number of rotatable bonds is 7. The Kier molecular flexibility index (Phi) is 9.16. The summed E-state index contributed by atoms with van der Waals surface area (Å²) in [5.41, 5.74) is 1.26. The van der Waals surface area contributed by atoms with Crippen LogP contribution in [0.2, 0.25) is 0 Å². The van der Waals surface area contributed by atoms with Gasteiger partial charge >= 0.3 is 6.03 Å². The highest BCUT2D eigenvalue weighted by molar-refractivity contribution is 5.94. The smallest absolute Gasteiger partial charge is 0.317 e. The Bertz CT molecular complexity index is 785. The number of amides is 4. The quantitative estimate of drug-likeness (QED) is 0.658. The van der Waals surface area contributed by atoms with Crippen molar-refractivity contribution >= 4 is 23.5 Å². The van der Waals surface area contributed by atoms with E-state index in [9.17, 15) is 14.4 Å². The molecule has 0 aliphatic carbocycles. The highest BCUT2D eigenvalue weighted by atomic mass is 16.2. The summed E-state index contributed by atoms with van der Waals surface area (Å²) in [6.45, 7) is 8.09. The van der Waals surface area contributed by atoms with Gasteiger partial charge in [-0.2, -0.15) is 0 Å². The van der Waals surface area contributed by atoms with Gasteiger partial charge in [0.05, 0.1) is 13.1 Å². The summed E-state index contributed by atoms with van der Waals surface area (Å²) in [5.74, 6) is 2.31. The van der Waals surface area contributed by atoms with E-state index in [1.165, 1.54) is 0 Å². The van der Waals surface area contributed by atoms with Crippen molar-refractivity contribution < 1.29 is 14.4 Å². The first-order valence-corrected chi connectivity index (χ1v) is 10.4. The van der Waals surface area contributed by atoms with Gasteiger partial charge in [-0.25, -0.2) is 4.79 Å². The van der Waals surface area contributed by atoms with Crippen LogP contribution in [0.3, 0.4) is 0 Å². The average Bonchev–Trinajstić information content (AvgIpc) is 2.98. The third-order valence-electron chi connectivity index (χ3n) is 5.06. The molecule has 0 aromatic heterocycles. The van der Waals surface area contributed by atoms with Crippen LogP contribution in [0.1, 0.15) is 25.8 Å². The lowest BCUT2D eigenvalue weighted by Gasteiger charge is -2.25. The van der Waals surface area contributed by atoms with E-state index in [0.29, 0.717) is 50.5 Å². The summed E-state index contributed by atoms with van der Waals surface area (Å²) in [7, 11) is 0. The molecule has 1 aliphatic heterocycles. The number of hydrogen-bond donors (Lipinski definition) is 2. The second-order valence-corrected chi connectivity index (χ2v) is 7.11. The van der Waals surface area contributed by atoms with Gasteiger partial charge in [-0.15, -0.1) is 6.42 Å². The zero-order valence-corrected chi connectivity index (χ0v) is 17.8. The number of likely N-dealkylation sites (N-methyl/N-ethyl adjacent to an activating group) is 1. The summed E-state index contributed by atoms with van der Waals surface area (Å²) in [5, 5.41) is 5.38. The van der Waals surface area contributed by atoms with Gasteiger partial charge in [0, 0.05) is 50.5 Å². The van der Waals surface area contributed by atoms with Crippen LogP contribution in [0.25, 0.3) is 0 Å². The Balaban J connectivity index is 1.77. The summed E-state index contributed by atoms with van der Waals surface area (Å²) in [6.07, 6.45) is 6.14. The summed E-state index contributed by atoms with van der Waals surface area (Å²) in [6, 6.07) is 6.69. The van der Waals surface area contributed by atoms with Gasteiger partial charge in [0.25, 0.3) is 0 Å². The maximum Gasteiger partial charge on any atom is 0.317 e. The largest absolute Gasteiger partial charge is 0.342 e. The molecule has 1 aliphatic rings. The Morgan fingerprint density at radius 1 is 1.13 bits per heavy atom. The summed E-state index contributed by atoms with van der Waals surface area (Å²) < 4.78 is 0. The molecule has 1 aromatic rings. The van der Waals surface area contributed by atoms with Crippen LogP contribution in [0.5, 0.6) is 0 Å². The fourth-order valence-corrected chi connectivity index (χ4v) is 3.36. The van der Waals surface area contributed by atoms with Gasteiger partial charge in [0.1, 0.15) is 0 Å². The highest BCUT2D eigenvalue weighted by Crippen LogP contribution is 2.09. The number of anilines is 1. The van der Waals surface area contributed by atoms with Crippen LogP contribution in [-0.4, -0.2) is 84.9 Å². The lowest BCUT2D eigenvalue weighted by molar-refractivity contribution is -0.132. The zero-order chi connectivity index (χ0) is 21.9. The van der Waals surface area contributed by atoms with Gasteiger partial charge in [-0.05, 0) is 38.5 Å². The lowest BCUT2D eigenvalue weighted by atomic mass is 10.2. The molecule has 0 spiro atoms. The van der Waals surface area contributed by atoms with E-state index in [1.54, 1.807) is 29.2 Å². The Morgan fingerprint density at radius 2 is 1.90 bits per heavy atom. The predicted molar refractivity (Wildman–Crippen MR) is 117 cm³/mol. The van der Waals surface area contributed by atoms with E-state index >= 15 is 0 Å². The molecule has 0 unspecified atom stereocenters. The molecule has 0 saturated carbocycles. The molecule has 8 heteroatoms. The second-order valence-electron chi connectivity index (χ2n) is 7.11. The first-order chi connectivity index (χ1) is 14.5. The Hall–Kier alpha value is -3.05. The van der Waals surface area contributed by atoms with E-state index in [1.807, 2.05) is 18.7 Å². The van der Waals surface area contributed by atoms with Crippen molar-refractivity contribution in [3.8, 4) is 12.3 Å². The topological polar surface area (TPSA) is 85.0 Å². The van der Waals surface area contributed by atoms with Crippen molar-refractivity contribution in [3.63, 3.8) is 0 Å². The lowest BCUT2D eigenvalue weighted by Crippen LogP contribution is -2.45. The maximum absolute atomic E-state index is 12.5. The molecule has 0 radical (unpaired) electrons. The minimum atomic E-state index is -0.321. The van der Waals surface area contributed by atoms with Crippen molar-refractivity contribution in [2.24, 2.45) is 0 Å². The Morgan fingerprint density at radius 3 is 2.60 bits per heavy atom. The highest BCUT2D eigenvalue weighted by Gasteiger charge is 2.22. The van der Waals surface area contributed by atoms with E-state index in [0.717, 1.165) is 13.0 Å². The molecule has 2 rings (SSSR count). The minimum Gasteiger partial charge on any atom is -0.342 e. The van der Waals surface area contributed by atoms with Crippen LogP contribution >= 0.6 is 0 Å². The van der Waals surface area contributed by atoms with Crippen LogP contribution in [-0.2, 0) is 9.59 Å². The fourth-order valence-electron chi connectivity index (χ4n) is 3.36. The van der Waals surface area contributed by atoms with Crippen molar-refractivity contribution in [2.45, 2.75) is 20.3 Å². The van der Waals surface area contributed by atoms with Crippen LogP contribution in [0.15, 0.2) is 24.3 Å². The molecule has 8 nitrogen and oxygen atoms in total. The molecule has 4 amide bonds. The molecule has 0 bridgehead atoms. The first-order valence-electron chi connectivity index (χ1n) is 10.4. The molecule has 1 saturated heterocycles. The average molecular weight is 414 g/mol. The minimum absolute atomic E-state index is 0.114. The second kappa shape index (κ2) is 11.8. The van der Waals surface area contributed by atoms with E-state index in [4.69, 9.17) is 6.42 Å². The summed E-state index contributed by atoms with van der Waals surface area (Å²) >= 11 is 0. The number of hydrogen-bond acceptors (Lipinski definition) is 4. The molecule has 30 heavy (non-hydrogen) atoms. The number of carbonyl (C=O) groups excluding carboxylic acids is 3. The molecule has 1 aromatic carbocycles. The van der Waals surface area contributed by atoms with E-state index < -0.39 is 0 Å². The summed E-state index contributed by atoms with van der Waals surface area (Å²) in [4.78, 5) is 42.5. The van der Waals surface area contributed by atoms with E-state index in [-0.39, 0.29) is 24.4 Å². The maximum atomic E-state index is 12.5. The molecular weight excluding hydrogens is 382 g/mol. The van der Waals surface area contributed by atoms with Crippen molar-refractivity contribution in [2.75, 3.05) is 57.7 Å². The SMILES string of the molecule is C#Cc1cccc(NC(=O)CNC(=O)N2CCCN(CC(=O)N(CC)CC)CC2)c1. The molecule has 1 heterocycles. The number of urea groups is 1. The van der Waals surface area contributed by atoms with Crippen LogP contribution < -0.4 is 10.6 Å². The fraction of sp³-hybridized carbons (Fsp3) is 0.500. The number of terminal acetylenes is 1. The standard InChI is InChI=1S/C22H31N5O3/c1-4-18-9-7-10-19(15-18)24-20(28)16-23-22(30)27-12-8-11-25(13-14-27)17-21(29)26(5-2)6-3/h1,7,9-10,15H,5-6,8,11-14,16-17H2,2-3H3,(H,23,30)(H,24,28). The van der Waals surface area contributed by atoms with Crippen molar-refractivity contribution in [1.82, 2.24) is 20.0 Å². The first kappa shape index (κ1) is 23.2. The zero-order valence-electron chi connectivity index (χ0n) is 17.8. The van der Waals surface area contributed by atoms with Crippen LogP contribution in [0.4, 0.5) is 10.5 Å². The predicted octanol–water partition coefficient (Wildman–Crippen LogP) is 1.19. The van der Waals surface area contributed by atoms with Gasteiger partial charge in [-0.3, -0.25) is 14.5 Å². The normalized spacial score (nSPS) is 14.4. The number of carbonyl (C=O) groups is 3. The Labute approximate surface area is 178 Å². The number of benzene rings is 1. The molecular formula is C22H31N5O3.